The highest BCUT2D eigenvalue weighted by Gasteiger charge is 2.05. The summed E-state index contributed by atoms with van der Waals surface area (Å²) in [4.78, 5) is 0. The van der Waals surface area contributed by atoms with Crippen LogP contribution in [0.4, 0.5) is 0 Å². The molecule has 0 heterocycles. The fourth-order valence-corrected chi connectivity index (χ4v) is 2.40. The quantitative estimate of drug-likeness (QED) is 0.684. The van der Waals surface area contributed by atoms with Gasteiger partial charge in [-0.3, -0.25) is 0 Å². The molecule has 0 aliphatic heterocycles. The van der Waals surface area contributed by atoms with Crippen molar-refractivity contribution in [2.24, 2.45) is 0 Å². The Morgan fingerprint density at radius 3 is 2.00 bits per heavy atom. The van der Waals surface area contributed by atoms with Gasteiger partial charge >= 0.3 is 0 Å². The molecule has 0 aliphatic rings. The first-order valence-corrected chi connectivity index (χ1v) is 6.28. The molecule has 2 aromatic carbocycles. The van der Waals surface area contributed by atoms with E-state index < -0.39 is 0 Å². The summed E-state index contributed by atoms with van der Waals surface area (Å²) in [5.41, 5.74) is 8.17. The third kappa shape index (κ3) is 2.58. The second-order valence-electron chi connectivity index (χ2n) is 4.89. The van der Waals surface area contributed by atoms with Crippen molar-refractivity contribution in [3.63, 3.8) is 0 Å². The maximum atomic E-state index is 2.30. The molecule has 0 N–H and O–H groups in total. The molecule has 88 valence electrons. The van der Waals surface area contributed by atoms with E-state index in [0.29, 0.717) is 0 Å². The highest BCUT2D eigenvalue weighted by molar-refractivity contribution is 5.69. The topological polar surface area (TPSA) is 0 Å². The fourth-order valence-electron chi connectivity index (χ4n) is 2.40. The lowest BCUT2D eigenvalue weighted by Crippen LogP contribution is -1.90. The lowest BCUT2D eigenvalue weighted by Gasteiger charge is -2.11. The summed E-state index contributed by atoms with van der Waals surface area (Å²) in [6.07, 6.45) is 1.09. The molecule has 0 saturated carbocycles. The van der Waals surface area contributed by atoms with Crippen molar-refractivity contribution in [2.45, 2.75) is 34.1 Å². The second-order valence-corrected chi connectivity index (χ2v) is 4.89. The minimum absolute atomic E-state index is 1.09. The van der Waals surface area contributed by atoms with Crippen molar-refractivity contribution < 1.29 is 0 Å². The Kier molecular flexibility index (Phi) is 3.33. The van der Waals surface area contributed by atoms with Crippen LogP contribution in [-0.2, 0) is 6.42 Å². The van der Waals surface area contributed by atoms with E-state index in [1.54, 1.807) is 0 Å². The number of hydrogen-bond acceptors (Lipinski definition) is 0. The first-order valence-electron chi connectivity index (χ1n) is 6.28. The van der Waals surface area contributed by atoms with Gasteiger partial charge in [0.2, 0.25) is 0 Å². The Balaban J connectivity index is 2.62. The van der Waals surface area contributed by atoms with Gasteiger partial charge in [0.1, 0.15) is 0 Å². The van der Waals surface area contributed by atoms with E-state index in [4.69, 9.17) is 0 Å². The summed E-state index contributed by atoms with van der Waals surface area (Å²) in [5, 5.41) is 0. The predicted octanol–water partition coefficient (Wildman–Crippen LogP) is 4.84. The first-order chi connectivity index (χ1) is 8.10. The van der Waals surface area contributed by atoms with E-state index >= 15 is 0 Å². The lowest BCUT2D eigenvalue weighted by molar-refractivity contribution is 1.14. The van der Waals surface area contributed by atoms with E-state index in [-0.39, 0.29) is 0 Å². The van der Waals surface area contributed by atoms with Crippen LogP contribution < -0.4 is 0 Å². The smallest absolute Gasteiger partial charge is 0.0149 e. The standard InChI is InChI=1S/C17H20/c1-5-15-7-6-12(2)11-17(15)16-9-13(3)8-14(4)10-16/h6-11H,5H2,1-4H3. The zero-order valence-corrected chi connectivity index (χ0v) is 11.2. The van der Waals surface area contributed by atoms with E-state index in [2.05, 4.69) is 64.1 Å². The van der Waals surface area contributed by atoms with Gasteiger partial charge < -0.3 is 0 Å². The van der Waals surface area contributed by atoms with Gasteiger partial charge in [-0.2, -0.15) is 0 Å². The molecule has 2 rings (SSSR count). The van der Waals surface area contributed by atoms with E-state index in [0.717, 1.165) is 6.42 Å². The average Bonchev–Trinajstić information content (AvgIpc) is 2.27. The molecule has 0 fully saturated rings. The molecule has 17 heavy (non-hydrogen) atoms. The van der Waals surface area contributed by atoms with Crippen LogP contribution >= 0.6 is 0 Å². The summed E-state index contributed by atoms with van der Waals surface area (Å²) in [5.74, 6) is 0. The van der Waals surface area contributed by atoms with Crippen molar-refractivity contribution in [1.29, 1.82) is 0 Å². The summed E-state index contributed by atoms with van der Waals surface area (Å²) >= 11 is 0. The fraction of sp³-hybridized carbons (Fsp3) is 0.294. The molecule has 0 nitrogen and oxygen atoms in total. The van der Waals surface area contributed by atoms with Crippen molar-refractivity contribution in [3.8, 4) is 11.1 Å². The van der Waals surface area contributed by atoms with Gasteiger partial charge in [-0.05, 0) is 43.9 Å². The molecule has 0 heteroatoms. The molecule has 0 unspecified atom stereocenters. The van der Waals surface area contributed by atoms with Gasteiger partial charge in [0.15, 0.2) is 0 Å². The zero-order valence-electron chi connectivity index (χ0n) is 11.2. The molecule has 0 bridgehead atoms. The minimum Gasteiger partial charge on any atom is -0.0613 e. The Hall–Kier alpha value is -1.56. The SMILES string of the molecule is CCc1ccc(C)cc1-c1cc(C)cc(C)c1. The number of hydrogen-bond donors (Lipinski definition) is 0. The van der Waals surface area contributed by atoms with Gasteiger partial charge in [-0.1, -0.05) is 60.0 Å². The van der Waals surface area contributed by atoms with Gasteiger partial charge in [0.25, 0.3) is 0 Å². The highest BCUT2D eigenvalue weighted by Crippen LogP contribution is 2.27. The van der Waals surface area contributed by atoms with Crippen LogP contribution in [0.25, 0.3) is 11.1 Å². The van der Waals surface area contributed by atoms with Crippen LogP contribution in [0.1, 0.15) is 29.2 Å². The average molecular weight is 224 g/mol. The van der Waals surface area contributed by atoms with Crippen molar-refractivity contribution in [3.05, 3.63) is 58.7 Å². The first kappa shape index (κ1) is 11.9. The molecule has 0 radical (unpaired) electrons. The van der Waals surface area contributed by atoms with Crippen LogP contribution in [-0.4, -0.2) is 0 Å². The molecule has 0 saturated heterocycles. The number of aryl methyl sites for hydroxylation is 4. The summed E-state index contributed by atoms with van der Waals surface area (Å²) in [6, 6.07) is 13.5. The van der Waals surface area contributed by atoms with E-state index in [9.17, 15) is 0 Å². The normalized spacial score (nSPS) is 10.6. The monoisotopic (exact) mass is 224 g/mol. The third-order valence-corrected chi connectivity index (χ3v) is 3.18. The molecule has 0 aromatic heterocycles. The van der Waals surface area contributed by atoms with Gasteiger partial charge in [-0.25, -0.2) is 0 Å². The van der Waals surface area contributed by atoms with E-state index in [1.807, 2.05) is 0 Å². The Morgan fingerprint density at radius 2 is 1.41 bits per heavy atom. The molecule has 2 aromatic rings. The molecule has 0 spiro atoms. The second kappa shape index (κ2) is 4.75. The van der Waals surface area contributed by atoms with Crippen LogP contribution in [0.3, 0.4) is 0 Å². The largest absolute Gasteiger partial charge is 0.0613 e. The predicted molar refractivity (Wildman–Crippen MR) is 75.5 cm³/mol. The maximum absolute atomic E-state index is 2.30. The Labute approximate surface area is 104 Å². The Bertz CT molecular complexity index is 515. The summed E-state index contributed by atoms with van der Waals surface area (Å²) in [7, 11) is 0. The van der Waals surface area contributed by atoms with Crippen molar-refractivity contribution in [1.82, 2.24) is 0 Å². The molecular formula is C17H20. The van der Waals surface area contributed by atoms with Crippen LogP contribution in [0.15, 0.2) is 36.4 Å². The summed E-state index contributed by atoms with van der Waals surface area (Å²) in [6.45, 7) is 8.71. The van der Waals surface area contributed by atoms with Gasteiger partial charge in [0, 0.05) is 0 Å². The van der Waals surface area contributed by atoms with Crippen molar-refractivity contribution >= 4 is 0 Å². The number of benzene rings is 2. The third-order valence-electron chi connectivity index (χ3n) is 3.18. The maximum Gasteiger partial charge on any atom is -0.0149 e. The lowest BCUT2D eigenvalue weighted by atomic mass is 9.94. The Morgan fingerprint density at radius 1 is 0.765 bits per heavy atom. The minimum atomic E-state index is 1.09. The molecule has 0 aliphatic carbocycles. The van der Waals surface area contributed by atoms with Gasteiger partial charge in [0.05, 0.1) is 0 Å². The van der Waals surface area contributed by atoms with Crippen LogP contribution in [0.5, 0.6) is 0 Å². The molecular weight excluding hydrogens is 204 g/mol. The summed E-state index contributed by atoms with van der Waals surface area (Å²) < 4.78 is 0. The van der Waals surface area contributed by atoms with Crippen LogP contribution in [0.2, 0.25) is 0 Å². The van der Waals surface area contributed by atoms with Gasteiger partial charge in [-0.15, -0.1) is 0 Å². The molecule has 0 amide bonds. The molecule has 0 atom stereocenters. The highest BCUT2D eigenvalue weighted by atomic mass is 14.1. The van der Waals surface area contributed by atoms with Crippen molar-refractivity contribution in [2.75, 3.05) is 0 Å². The number of rotatable bonds is 2. The van der Waals surface area contributed by atoms with Crippen LogP contribution in [0, 0.1) is 20.8 Å². The van der Waals surface area contributed by atoms with E-state index in [1.165, 1.54) is 33.4 Å². The zero-order chi connectivity index (χ0) is 12.4.